The third kappa shape index (κ3) is 3.21. The molecule has 1 aliphatic carbocycles. The quantitative estimate of drug-likeness (QED) is 0.875. The molecule has 1 aromatic carbocycles. The lowest BCUT2D eigenvalue weighted by Gasteiger charge is -2.29. The van der Waals surface area contributed by atoms with Gasteiger partial charge in [0.2, 0.25) is 0 Å². The largest absolute Gasteiger partial charge is 0.480 e. The van der Waals surface area contributed by atoms with Gasteiger partial charge >= 0.3 is 5.97 Å². The summed E-state index contributed by atoms with van der Waals surface area (Å²) in [5, 5.41) is 9.36. The van der Waals surface area contributed by atoms with E-state index in [0.29, 0.717) is 6.42 Å². The molecule has 1 fully saturated rings. The summed E-state index contributed by atoms with van der Waals surface area (Å²) in [6.45, 7) is 5.03. The molecular formula is C17H26N2O2. The van der Waals surface area contributed by atoms with Gasteiger partial charge in [-0.3, -0.25) is 4.79 Å². The summed E-state index contributed by atoms with van der Waals surface area (Å²) >= 11 is 0. The maximum Gasteiger partial charge on any atom is 0.323 e. The number of hydrogen-bond acceptors (Lipinski definition) is 3. The minimum Gasteiger partial charge on any atom is -0.480 e. The molecule has 2 atom stereocenters. The van der Waals surface area contributed by atoms with Crippen molar-refractivity contribution in [3.8, 4) is 0 Å². The van der Waals surface area contributed by atoms with Crippen LogP contribution in [-0.2, 0) is 4.79 Å². The van der Waals surface area contributed by atoms with Crippen molar-refractivity contribution in [1.29, 1.82) is 0 Å². The van der Waals surface area contributed by atoms with Crippen LogP contribution < -0.4 is 10.6 Å². The van der Waals surface area contributed by atoms with Crippen molar-refractivity contribution in [3.05, 3.63) is 29.3 Å². The standard InChI is InChI=1S/C17H26N2O2/c1-12-6-7-15(13(2)11-12)19(3)10-8-14-5-4-9-17(14,18)16(20)21/h6-7,11,14H,4-5,8-10,18H2,1-3H3,(H,20,21). The monoisotopic (exact) mass is 290 g/mol. The molecule has 0 saturated heterocycles. The number of hydrogen-bond donors (Lipinski definition) is 2. The number of nitrogens with zero attached hydrogens (tertiary/aromatic N) is 1. The summed E-state index contributed by atoms with van der Waals surface area (Å²) in [7, 11) is 2.06. The topological polar surface area (TPSA) is 66.6 Å². The summed E-state index contributed by atoms with van der Waals surface area (Å²) in [4.78, 5) is 13.6. The maximum absolute atomic E-state index is 11.4. The number of carboxylic acids is 1. The lowest BCUT2D eigenvalue weighted by Crippen LogP contribution is -2.51. The molecule has 0 heterocycles. The van der Waals surface area contributed by atoms with Gasteiger partial charge < -0.3 is 15.7 Å². The van der Waals surface area contributed by atoms with Gasteiger partial charge in [0, 0.05) is 19.3 Å². The lowest BCUT2D eigenvalue weighted by molar-refractivity contribution is -0.144. The minimum atomic E-state index is -1.02. The number of nitrogens with two attached hydrogens (primary N) is 1. The molecule has 1 saturated carbocycles. The SMILES string of the molecule is Cc1ccc(N(C)CCC2CCCC2(N)C(=O)O)c(C)c1. The molecule has 3 N–H and O–H groups in total. The van der Waals surface area contributed by atoms with Crippen molar-refractivity contribution < 1.29 is 9.90 Å². The van der Waals surface area contributed by atoms with E-state index in [1.165, 1.54) is 16.8 Å². The first-order valence-corrected chi connectivity index (χ1v) is 7.65. The smallest absolute Gasteiger partial charge is 0.323 e. The Labute approximate surface area is 126 Å². The molecule has 0 spiro atoms. The van der Waals surface area contributed by atoms with E-state index in [1.807, 2.05) is 0 Å². The van der Waals surface area contributed by atoms with Crippen molar-refractivity contribution in [1.82, 2.24) is 0 Å². The number of rotatable bonds is 5. The number of carbonyl (C=O) groups is 1. The first kappa shape index (κ1) is 15.8. The summed E-state index contributed by atoms with van der Waals surface area (Å²) < 4.78 is 0. The van der Waals surface area contributed by atoms with Crippen LogP contribution in [0.3, 0.4) is 0 Å². The summed E-state index contributed by atoms with van der Waals surface area (Å²) in [6, 6.07) is 6.41. The zero-order chi connectivity index (χ0) is 15.6. The maximum atomic E-state index is 11.4. The molecule has 4 heteroatoms. The molecule has 2 rings (SSSR count). The zero-order valence-corrected chi connectivity index (χ0v) is 13.2. The Morgan fingerprint density at radius 2 is 2.19 bits per heavy atom. The van der Waals surface area contributed by atoms with Gasteiger partial charge in [0.25, 0.3) is 0 Å². The van der Waals surface area contributed by atoms with Crippen LogP contribution in [-0.4, -0.2) is 30.2 Å². The fraction of sp³-hybridized carbons (Fsp3) is 0.588. The second kappa shape index (κ2) is 6.06. The van der Waals surface area contributed by atoms with Gasteiger partial charge in [-0.1, -0.05) is 24.1 Å². The van der Waals surface area contributed by atoms with Crippen LogP contribution in [0, 0.1) is 19.8 Å². The average Bonchev–Trinajstić information content (AvgIpc) is 2.79. The van der Waals surface area contributed by atoms with Crippen LogP contribution >= 0.6 is 0 Å². The fourth-order valence-corrected chi connectivity index (χ4v) is 3.49. The molecule has 1 aromatic rings. The van der Waals surface area contributed by atoms with Crippen LogP contribution in [0.15, 0.2) is 18.2 Å². The van der Waals surface area contributed by atoms with E-state index in [1.54, 1.807) is 0 Å². The highest BCUT2D eigenvalue weighted by Crippen LogP contribution is 2.36. The van der Waals surface area contributed by atoms with Crippen LogP contribution in [0.2, 0.25) is 0 Å². The fourth-order valence-electron chi connectivity index (χ4n) is 3.49. The molecule has 0 bridgehead atoms. The number of aliphatic carboxylic acids is 1. The van der Waals surface area contributed by atoms with E-state index < -0.39 is 11.5 Å². The third-order valence-corrected chi connectivity index (χ3v) is 4.85. The van der Waals surface area contributed by atoms with E-state index in [-0.39, 0.29) is 5.92 Å². The van der Waals surface area contributed by atoms with Crippen LogP contribution in [0.5, 0.6) is 0 Å². The molecule has 116 valence electrons. The molecule has 21 heavy (non-hydrogen) atoms. The number of aryl methyl sites for hydroxylation is 2. The van der Waals surface area contributed by atoms with E-state index in [0.717, 1.165) is 25.8 Å². The highest BCUT2D eigenvalue weighted by molar-refractivity contribution is 5.79. The van der Waals surface area contributed by atoms with Crippen molar-refractivity contribution in [2.75, 3.05) is 18.5 Å². The van der Waals surface area contributed by atoms with Crippen LogP contribution in [0.25, 0.3) is 0 Å². The highest BCUT2D eigenvalue weighted by atomic mass is 16.4. The molecule has 0 aliphatic heterocycles. The van der Waals surface area contributed by atoms with E-state index in [9.17, 15) is 9.90 Å². The van der Waals surface area contributed by atoms with Gasteiger partial charge in [-0.2, -0.15) is 0 Å². The van der Waals surface area contributed by atoms with Gasteiger partial charge in [-0.25, -0.2) is 0 Å². The number of carboxylic acid groups (broad SMARTS) is 1. The number of benzene rings is 1. The Hall–Kier alpha value is -1.55. The van der Waals surface area contributed by atoms with Crippen LogP contribution in [0.1, 0.15) is 36.8 Å². The Kier molecular flexibility index (Phi) is 4.57. The summed E-state index contributed by atoms with van der Waals surface area (Å²) in [5.74, 6) is -0.776. The van der Waals surface area contributed by atoms with Gasteiger partial charge in [-0.05, 0) is 50.7 Å². The van der Waals surface area contributed by atoms with Gasteiger partial charge in [0.15, 0.2) is 0 Å². The summed E-state index contributed by atoms with van der Waals surface area (Å²) in [5.41, 5.74) is 8.79. The molecule has 2 unspecified atom stereocenters. The predicted octanol–water partition coefficient (Wildman–Crippen LogP) is 2.71. The molecule has 0 radical (unpaired) electrons. The molecule has 0 aromatic heterocycles. The Morgan fingerprint density at radius 3 is 2.81 bits per heavy atom. The second-order valence-electron chi connectivity index (χ2n) is 6.43. The molecule has 4 nitrogen and oxygen atoms in total. The molecule has 0 amide bonds. The first-order valence-electron chi connectivity index (χ1n) is 7.65. The second-order valence-corrected chi connectivity index (χ2v) is 6.43. The van der Waals surface area contributed by atoms with E-state index >= 15 is 0 Å². The van der Waals surface area contributed by atoms with Crippen molar-refractivity contribution in [2.45, 2.75) is 45.1 Å². The summed E-state index contributed by atoms with van der Waals surface area (Å²) in [6.07, 6.45) is 3.26. The van der Waals surface area contributed by atoms with Crippen molar-refractivity contribution >= 4 is 11.7 Å². The van der Waals surface area contributed by atoms with E-state index in [2.05, 4.69) is 44.0 Å². The molecular weight excluding hydrogens is 264 g/mol. The number of anilines is 1. The van der Waals surface area contributed by atoms with Crippen LogP contribution in [0.4, 0.5) is 5.69 Å². The third-order valence-electron chi connectivity index (χ3n) is 4.85. The molecule has 1 aliphatic rings. The Bertz CT molecular complexity index is 530. The van der Waals surface area contributed by atoms with Crippen molar-refractivity contribution in [3.63, 3.8) is 0 Å². The first-order chi connectivity index (χ1) is 9.84. The Morgan fingerprint density at radius 1 is 1.48 bits per heavy atom. The van der Waals surface area contributed by atoms with Gasteiger partial charge in [-0.15, -0.1) is 0 Å². The van der Waals surface area contributed by atoms with E-state index in [4.69, 9.17) is 5.73 Å². The lowest BCUT2D eigenvalue weighted by atomic mass is 9.85. The zero-order valence-electron chi connectivity index (χ0n) is 13.2. The average molecular weight is 290 g/mol. The highest BCUT2D eigenvalue weighted by Gasteiger charge is 2.45. The van der Waals surface area contributed by atoms with Crippen molar-refractivity contribution in [2.24, 2.45) is 11.7 Å². The minimum absolute atomic E-state index is 0.0724. The van der Waals surface area contributed by atoms with Gasteiger partial charge in [0.05, 0.1) is 0 Å². The normalized spacial score (nSPS) is 25.0. The predicted molar refractivity (Wildman–Crippen MR) is 85.7 cm³/mol. The Balaban J connectivity index is 2.01. The van der Waals surface area contributed by atoms with Gasteiger partial charge in [0.1, 0.15) is 5.54 Å².